The molecule has 5 rings (SSSR count). The predicted molar refractivity (Wildman–Crippen MR) is 346 cm³/mol. The lowest BCUT2D eigenvalue weighted by Crippen LogP contribution is -2.60. The number of carboxylic acid groups (broad SMARTS) is 3. The fourth-order valence-corrected chi connectivity index (χ4v) is 9.92. The largest absolute Gasteiger partial charge is 0.508 e. The second-order valence-corrected chi connectivity index (χ2v) is 21.8. The number of benzene rings is 3. The summed E-state index contributed by atoms with van der Waals surface area (Å²) in [6, 6.07) is 19.7. The molecule has 1 fully saturated rings. The van der Waals surface area contributed by atoms with Crippen molar-refractivity contribution >= 4 is 76.9 Å². The minimum atomic E-state index is -1.13. The van der Waals surface area contributed by atoms with Gasteiger partial charge in [0.15, 0.2) is 12.2 Å². The molecule has 0 aromatic heterocycles. The van der Waals surface area contributed by atoms with Crippen LogP contribution in [0.2, 0.25) is 0 Å². The third-order valence-corrected chi connectivity index (χ3v) is 14.9. The normalized spacial score (nSPS) is 15.1. The summed E-state index contributed by atoms with van der Waals surface area (Å²) >= 11 is 0. The number of phenolic OH excluding ortho intramolecular Hbond substituents is 1. The van der Waals surface area contributed by atoms with E-state index in [0.717, 1.165) is 0 Å². The van der Waals surface area contributed by atoms with Gasteiger partial charge >= 0.3 is 23.9 Å². The number of aliphatic imine (C=N–C) groups is 1. The predicted octanol–water partition coefficient (Wildman–Crippen LogP) is -2.80. The zero-order chi connectivity index (χ0) is 67.7. The van der Waals surface area contributed by atoms with Gasteiger partial charge in [-0.1, -0.05) is 61.5 Å². The Kier molecular flexibility index (Phi) is 31.6. The summed E-state index contributed by atoms with van der Waals surface area (Å²) in [5.41, 5.74) is 13.3. The zero-order valence-electron chi connectivity index (χ0n) is 52.0. The Balaban J connectivity index is 1.12. The first-order valence-electron chi connectivity index (χ1n) is 30.6. The maximum atomic E-state index is 14.4. The molecule has 18 N–H and O–H groups in total. The van der Waals surface area contributed by atoms with E-state index in [4.69, 9.17) is 11.5 Å². The van der Waals surface area contributed by atoms with E-state index in [1.807, 2.05) is 18.2 Å². The van der Waals surface area contributed by atoms with Gasteiger partial charge in [0.05, 0.1) is 25.6 Å². The van der Waals surface area contributed by atoms with Crippen molar-refractivity contribution < 1.29 is 63.6 Å². The molecule has 32 nitrogen and oxygen atoms in total. The van der Waals surface area contributed by atoms with Crippen molar-refractivity contribution in [3.8, 4) is 5.75 Å². The fraction of sp³-hybridized carbons (Fsp3) is 0.475. The summed E-state index contributed by atoms with van der Waals surface area (Å²) in [4.78, 5) is 149. The second-order valence-electron chi connectivity index (χ2n) is 21.8. The van der Waals surface area contributed by atoms with Crippen molar-refractivity contribution in [3.63, 3.8) is 0 Å². The van der Waals surface area contributed by atoms with Crippen LogP contribution in [0.3, 0.4) is 0 Å². The van der Waals surface area contributed by atoms with Crippen LogP contribution in [0, 0.1) is 0 Å². The summed E-state index contributed by atoms with van der Waals surface area (Å²) in [7, 11) is 0. The molecule has 1 aliphatic rings. The van der Waals surface area contributed by atoms with Gasteiger partial charge in [-0.15, -0.1) is 0 Å². The Bertz CT molecular complexity index is 3160. The standard InChI is InChI=1S/C61H87N17O15/c1-2-48(81)65-22-25-70-61(93)74-60(63)69-19-6-10-45(57(90)71-35-40-11-17-44(80)18-12-40)73-59(92)52(41-8-4-3-5-9-41)42-13-15-43(16-14-42)64-20-7-21-66-53-54(56(89)55(53)88)67-23-24-68-58(91)46(34-62)72-47(39-79)78-32-30-76(37-50(84)85)28-26-75(36-49(82)83)27-29-77(31-33-78)38-51(86)87/h3-5,8-9,11-18,39,45-47,52,64,66-67,72,80H,2,6-7,10,19-38,62H2,1H3,(H,65,81)(H,68,91)(H,71,90)(H,73,92)(H,82,83)(H,84,85)(H,86,87)(H4,63,69,70,74,93)/t45-,46-,47?,52+/m1/s1. The number of aldehydes is 1. The van der Waals surface area contributed by atoms with Gasteiger partial charge in [-0.05, 0) is 60.2 Å². The van der Waals surface area contributed by atoms with Crippen LogP contribution in [0.1, 0.15) is 55.2 Å². The van der Waals surface area contributed by atoms with E-state index in [2.05, 4.69) is 58.2 Å². The number of carboxylic acids is 3. The lowest BCUT2D eigenvalue weighted by atomic mass is 9.90. The van der Waals surface area contributed by atoms with Gasteiger partial charge in [-0.2, -0.15) is 4.99 Å². The number of anilines is 3. The van der Waals surface area contributed by atoms with Gasteiger partial charge in [0, 0.05) is 123 Å². The number of urea groups is 1. The van der Waals surface area contributed by atoms with E-state index in [0.29, 0.717) is 54.5 Å². The van der Waals surface area contributed by atoms with Crippen LogP contribution in [-0.4, -0.2) is 242 Å². The average Bonchev–Trinajstić information content (AvgIpc) is 0.807. The molecule has 0 spiro atoms. The maximum Gasteiger partial charge on any atom is 0.344 e. The van der Waals surface area contributed by atoms with E-state index in [9.17, 15) is 73.2 Å². The Morgan fingerprint density at radius 1 is 0.581 bits per heavy atom. The molecular weight excluding hydrogens is 1210 g/mol. The molecule has 93 heavy (non-hydrogen) atoms. The highest BCUT2D eigenvalue weighted by molar-refractivity contribution is 5.93. The third kappa shape index (κ3) is 26.3. The smallest absolute Gasteiger partial charge is 0.344 e. The lowest BCUT2D eigenvalue weighted by molar-refractivity contribution is -0.140. The summed E-state index contributed by atoms with van der Waals surface area (Å²) in [6.45, 7) is 2.89. The number of phenols is 1. The summed E-state index contributed by atoms with van der Waals surface area (Å²) in [6.07, 6.45) is 0.703. The summed E-state index contributed by atoms with van der Waals surface area (Å²) < 4.78 is 0. The minimum absolute atomic E-state index is 0.0235. The van der Waals surface area contributed by atoms with E-state index in [1.165, 1.54) is 12.1 Å². The topological polar surface area (TPSA) is 466 Å². The molecule has 0 saturated carbocycles. The molecule has 32 heteroatoms. The highest BCUT2D eigenvalue weighted by Gasteiger charge is 2.30. The SMILES string of the molecule is CCC(=O)NCCNC(=O)/N=C(/N)NCCC[C@@H](NC(=O)[C@@H](c1ccccc1)c1ccc(NCCCNc2c(NCCNC(=O)[C@@H](CN)NC(C=O)N3CCN(CC(=O)O)CCN(CC(=O)O)CCN(CC(=O)O)CC3)c(=O)c2=O)cc1)C(=O)NCc1ccc(O)cc1. The molecule has 1 unspecified atom stereocenters. The lowest BCUT2D eigenvalue weighted by Gasteiger charge is -2.36. The number of rotatable bonds is 37. The van der Waals surface area contributed by atoms with Crippen molar-refractivity contribution in [2.45, 2.75) is 63.3 Å². The number of nitrogens with two attached hydrogens (primary N) is 2. The van der Waals surface area contributed by atoms with Crippen LogP contribution in [-0.2, 0) is 44.9 Å². The highest BCUT2D eigenvalue weighted by Crippen LogP contribution is 2.27. The number of amides is 6. The molecule has 4 aromatic carbocycles. The van der Waals surface area contributed by atoms with Crippen LogP contribution >= 0.6 is 0 Å². The van der Waals surface area contributed by atoms with Crippen molar-refractivity contribution in [3.05, 3.63) is 116 Å². The van der Waals surface area contributed by atoms with Gasteiger partial charge in [0.25, 0.3) is 10.9 Å². The van der Waals surface area contributed by atoms with Crippen LogP contribution < -0.4 is 75.5 Å². The van der Waals surface area contributed by atoms with Crippen molar-refractivity contribution in [2.24, 2.45) is 16.5 Å². The van der Waals surface area contributed by atoms with Crippen molar-refractivity contribution in [1.29, 1.82) is 0 Å². The van der Waals surface area contributed by atoms with E-state index < -0.39 is 76.7 Å². The average molecular weight is 1300 g/mol. The Hall–Kier alpha value is -9.60. The molecule has 1 aliphatic heterocycles. The summed E-state index contributed by atoms with van der Waals surface area (Å²) in [5, 5.41) is 67.1. The molecule has 1 saturated heterocycles. The number of guanidine groups is 1. The number of hydrogen-bond donors (Lipinski definition) is 16. The molecule has 1 heterocycles. The van der Waals surface area contributed by atoms with Crippen LogP contribution in [0.5, 0.6) is 5.75 Å². The van der Waals surface area contributed by atoms with Crippen LogP contribution in [0.4, 0.5) is 21.9 Å². The van der Waals surface area contributed by atoms with Crippen LogP contribution in [0.15, 0.2) is 93.4 Å². The first-order valence-corrected chi connectivity index (χ1v) is 30.6. The Morgan fingerprint density at radius 2 is 1.11 bits per heavy atom. The van der Waals surface area contributed by atoms with Gasteiger partial charge < -0.3 is 84.5 Å². The number of nitrogens with one attached hydrogen (secondary N) is 10. The third-order valence-electron chi connectivity index (χ3n) is 14.9. The van der Waals surface area contributed by atoms with Crippen LogP contribution in [0.25, 0.3) is 0 Å². The number of carbonyl (C=O) groups excluding carboxylic acids is 6. The van der Waals surface area contributed by atoms with Gasteiger partial charge in [0.2, 0.25) is 23.6 Å². The molecule has 4 aromatic rings. The van der Waals surface area contributed by atoms with Crippen molar-refractivity contribution in [2.75, 3.05) is 140 Å². The van der Waals surface area contributed by atoms with E-state index in [1.54, 1.807) is 75.1 Å². The quantitative estimate of drug-likeness (QED) is 0.00713. The van der Waals surface area contributed by atoms with E-state index in [-0.39, 0.29) is 160 Å². The number of aliphatic carboxylic acids is 3. The van der Waals surface area contributed by atoms with Gasteiger partial charge in [0.1, 0.15) is 35.4 Å². The molecule has 0 aliphatic carbocycles. The molecular formula is C61H87N17O15. The molecule has 0 bridgehead atoms. The first kappa shape index (κ1) is 74.1. The molecule has 4 atom stereocenters. The number of carbonyl (C=O) groups is 9. The Morgan fingerprint density at radius 3 is 1.67 bits per heavy atom. The zero-order valence-corrected chi connectivity index (χ0v) is 52.0. The monoisotopic (exact) mass is 1300 g/mol. The fourth-order valence-electron chi connectivity index (χ4n) is 9.92. The number of aromatic hydroxyl groups is 1. The minimum Gasteiger partial charge on any atom is -0.508 e. The van der Waals surface area contributed by atoms with Gasteiger partial charge in [-0.3, -0.25) is 68.1 Å². The van der Waals surface area contributed by atoms with Crippen molar-refractivity contribution in [1.82, 2.24) is 56.8 Å². The summed E-state index contributed by atoms with van der Waals surface area (Å²) in [5.74, 6) is -5.95. The number of nitrogens with zero attached hydrogens (tertiary/aromatic N) is 5. The first-order chi connectivity index (χ1) is 44.7. The van der Waals surface area contributed by atoms with E-state index >= 15 is 0 Å². The molecule has 506 valence electrons. The Labute approximate surface area is 537 Å². The second kappa shape index (κ2) is 39.6. The highest BCUT2D eigenvalue weighted by atomic mass is 16.4. The maximum absolute atomic E-state index is 14.4. The molecule has 0 radical (unpaired) electrons. The molecule has 6 amide bonds. The van der Waals surface area contributed by atoms with Gasteiger partial charge in [-0.25, -0.2) is 4.79 Å². The number of hydrogen-bond acceptors (Lipinski definition) is 21.